The Balaban J connectivity index is 1.68. The van der Waals surface area contributed by atoms with Crippen LogP contribution in [0.5, 0.6) is 0 Å². The van der Waals surface area contributed by atoms with Crippen LogP contribution in [0.15, 0.2) is 36.7 Å². The van der Waals surface area contributed by atoms with Crippen LogP contribution >= 0.6 is 0 Å². The van der Waals surface area contributed by atoms with Crippen molar-refractivity contribution in [2.75, 3.05) is 13.2 Å². The van der Waals surface area contributed by atoms with Crippen LogP contribution in [0.3, 0.4) is 0 Å². The molecule has 6 heteroatoms. The molecule has 0 saturated heterocycles. The first-order chi connectivity index (χ1) is 11.0. The number of ether oxygens (including phenoxy) is 1. The van der Waals surface area contributed by atoms with Crippen LogP contribution in [0.4, 0.5) is 0 Å². The second kappa shape index (κ2) is 6.14. The molecule has 0 bridgehead atoms. The Hall–Kier alpha value is -2.18. The fourth-order valence-corrected chi connectivity index (χ4v) is 2.76. The molecule has 2 unspecified atom stereocenters. The zero-order valence-corrected chi connectivity index (χ0v) is 13.3. The maximum Gasteiger partial charge on any atom is 0.253 e. The summed E-state index contributed by atoms with van der Waals surface area (Å²) in [6, 6.07) is 7.80. The number of carbonyl (C=O) groups is 1. The average Bonchev–Trinajstić information content (AvgIpc) is 2.99. The number of carbonyl (C=O) groups excluding carboxylic acids is 1. The van der Waals surface area contributed by atoms with Gasteiger partial charge in [-0.25, -0.2) is 0 Å². The van der Waals surface area contributed by atoms with E-state index in [9.17, 15) is 9.90 Å². The Kier molecular flexibility index (Phi) is 4.19. The Morgan fingerprint density at radius 1 is 1.52 bits per heavy atom. The average molecular weight is 315 g/mol. The summed E-state index contributed by atoms with van der Waals surface area (Å²) in [5.74, 6) is -0.235. The molecule has 1 aromatic heterocycles. The molecule has 2 atom stereocenters. The van der Waals surface area contributed by atoms with Gasteiger partial charge in [0.1, 0.15) is 5.60 Å². The van der Waals surface area contributed by atoms with E-state index in [-0.39, 0.29) is 12.5 Å². The number of hydrogen-bond acceptors (Lipinski definition) is 4. The van der Waals surface area contributed by atoms with Crippen molar-refractivity contribution in [3.8, 4) is 0 Å². The van der Waals surface area contributed by atoms with E-state index in [1.54, 1.807) is 31.0 Å². The van der Waals surface area contributed by atoms with Gasteiger partial charge in [-0.3, -0.25) is 9.48 Å². The van der Waals surface area contributed by atoms with Gasteiger partial charge in [0.15, 0.2) is 6.10 Å². The highest BCUT2D eigenvalue weighted by Gasteiger charge is 2.30. The van der Waals surface area contributed by atoms with E-state index in [0.717, 1.165) is 17.5 Å². The first-order valence-electron chi connectivity index (χ1n) is 7.66. The molecule has 0 aliphatic carbocycles. The molecular formula is C17H21N3O3. The summed E-state index contributed by atoms with van der Waals surface area (Å²) in [6.45, 7) is 2.27. The lowest BCUT2D eigenvalue weighted by Gasteiger charge is -2.27. The highest BCUT2D eigenvalue weighted by molar-refractivity contribution is 5.83. The molecular weight excluding hydrogens is 294 g/mol. The van der Waals surface area contributed by atoms with Crippen molar-refractivity contribution < 1.29 is 14.6 Å². The monoisotopic (exact) mass is 315 g/mol. The number of aliphatic hydroxyl groups is 1. The van der Waals surface area contributed by atoms with Crippen molar-refractivity contribution in [3.63, 3.8) is 0 Å². The largest absolute Gasteiger partial charge is 0.383 e. The van der Waals surface area contributed by atoms with E-state index in [1.807, 2.05) is 24.3 Å². The lowest BCUT2D eigenvalue weighted by atomic mass is 9.96. The molecule has 2 N–H and O–H groups in total. The second-order valence-electron chi connectivity index (χ2n) is 6.09. The first-order valence-corrected chi connectivity index (χ1v) is 7.66. The molecule has 23 heavy (non-hydrogen) atoms. The van der Waals surface area contributed by atoms with E-state index >= 15 is 0 Å². The van der Waals surface area contributed by atoms with Crippen molar-refractivity contribution in [2.24, 2.45) is 7.05 Å². The number of fused-ring (bicyclic) bond motifs is 1. The third-order valence-electron chi connectivity index (χ3n) is 4.17. The lowest BCUT2D eigenvalue weighted by Crippen LogP contribution is -2.42. The van der Waals surface area contributed by atoms with Gasteiger partial charge < -0.3 is 15.2 Å². The Bertz CT molecular complexity index is 709. The van der Waals surface area contributed by atoms with Gasteiger partial charge in [-0.05, 0) is 24.5 Å². The predicted octanol–water partition coefficient (Wildman–Crippen LogP) is 1.06. The summed E-state index contributed by atoms with van der Waals surface area (Å²) in [5.41, 5.74) is 1.51. The minimum atomic E-state index is -1.18. The number of aryl methyl sites for hydroxylation is 1. The van der Waals surface area contributed by atoms with Crippen LogP contribution in [-0.4, -0.2) is 33.9 Å². The van der Waals surface area contributed by atoms with Crippen molar-refractivity contribution in [2.45, 2.75) is 25.0 Å². The fourth-order valence-electron chi connectivity index (χ4n) is 2.76. The van der Waals surface area contributed by atoms with Gasteiger partial charge in [0.05, 0.1) is 19.3 Å². The summed E-state index contributed by atoms with van der Waals surface area (Å²) in [6.07, 6.45) is 3.52. The van der Waals surface area contributed by atoms with Gasteiger partial charge in [-0.2, -0.15) is 5.10 Å². The van der Waals surface area contributed by atoms with E-state index in [4.69, 9.17) is 4.74 Å². The molecule has 1 aliphatic heterocycles. The minimum absolute atomic E-state index is 0.0968. The molecule has 1 aromatic carbocycles. The number of benzene rings is 1. The molecule has 122 valence electrons. The molecule has 1 amide bonds. The predicted molar refractivity (Wildman–Crippen MR) is 84.6 cm³/mol. The minimum Gasteiger partial charge on any atom is -0.383 e. The van der Waals surface area contributed by atoms with Crippen molar-refractivity contribution in [1.82, 2.24) is 15.1 Å². The van der Waals surface area contributed by atoms with Crippen LogP contribution in [-0.2, 0) is 28.6 Å². The second-order valence-corrected chi connectivity index (χ2v) is 6.09. The summed E-state index contributed by atoms with van der Waals surface area (Å²) >= 11 is 0. The molecule has 0 spiro atoms. The van der Waals surface area contributed by atoms with Crippen LogP contribution in [0, 0.1) is 0 Å². The summed E-state index contributed by atoms with van der Waals surface area (Å²) in [7, 11) is 1.78. The van der Waals surface area contributed by atoms with E-state index in [0.29, 0.717) is 12.2 Å². The number of aromatic nitrogens is 2. The molecule has 2 heterocycles. The Morgan fingerprint density at radius 2 is 2.30 bits per heavy atom. The molecule has 2 aromatic rings. The van der Waals surface area contributed by atoms with Gasteiger partial charge in [0.2, 0.25) is 0 Å². The lowest BCUT2D eigenvalue weighted by molar-refractivity contribution is -0.135. The normalized spacial score (nSPS) is 19.7. The van der Waals surface area contributed by atoms with E-state index < -0.39 is 11.7 Å². The summed E-state index contributed by atoms with van der Waals surface area (Å²) in [5, 5.41) is 17.4. The van der Waals surface area contributed by atoms with Gasteiger partial charge in [0, 0.05) is 18.8 Å². The number of rotatable bonds is 4. The number of nitrogens with one attached hydrogen (secondary N) is 1. The van der Waals surface area contributed by atoms with Crippen LogP contribution < -0.4 is 5.32 Å². The van der Waals surface area contributed by atoms with E-state index in [2.05, 4.69) is 10.4 Å². The third kappa shape index (κ3) is 3.28. The van der Waals surface area contributed by atoms with Gasteiger partial charge in [-0.15, -0.1) is 0 Å². The Morgan fingerprint density at radius 3 is 3.04 bits per heavy atom. The van der Waals surface area contributed by atoms with E-state index in [1.165, 1.54) is 0 Å². The first kappa shape index (κ1) is 15.7. The molecule has 0 saturated carbocycles. The quantitative estimate of drug-likeness (QED) is 0.884. The summed E-state index contributed by atoms with van der Waals surface area (Å²) in [4.78, 5) is 12.5. The maximum atomic E-state index is 12.5. The smallest absolute Gasteiger partial charge is 0.253 e. The zero-order valence-electron chi connectivity index (χ0n) is 13.3. The molecule has 1 aliphatic rings. The SMILES string of the molecule is Cn1cc(C(C)(O)CNC(=O)C2OCCc3ccccc32)cn1. The van der Waals surface area contributed by atoms with Crippen molar-refractivity contribution in [1.29, 1.82) is 0 Å². The van der Waals surface area contributed by atoms with Crippen LogP contribution in [0.1, 0.15) is 29.7 Å². The number of hydrogen-bond donors (Lipinski definition) is 2. The van der Waals surface area contributed by atoms with Crippen LogP contribution in [0.2, 0.25) is 0 Å². The number of nitrogens with zero attached hydrogens (tertiary/aromatic N) is 2. The van der Waals surface area contributed by atoms with Gasteiger partial charge in [0.25, 0.3) is 5.91 Å². The number of amides is 1. The standard InChI is InChI=1S/C17H21N3O3/c1-17(22,13-9-19-20(2)10-13)11-18-16(21)15-14-6-4-3-5-12(14)7-8-23-15/h3-6,9-10,15,22H,7-8,11H2,1-2H3,(H,18,21). The highest BCUT2D eigenvalue weighted by Crippen LogP contribution is 2.27. The zero-order chi connectivity index (χ0) is 16.4. The third-order valence-corrected chi connectivity index (χ3v) is 4.17. The molecule has 3 rings (SSSR count). The van der Waals surface area contributed by atoms with Gasteiger partial charge in [-0.1, -0.05) is 24.3 Å². The fraction of sp³-hybridized carbons (Fsp3) is 0.412. The molecule has 0 fully saturated rings. The van der Waals surface area contributed by atoms with Gasteiger partial charge >= 0.3 is 0 Å². The topological polar surface area (TPSA) is 76.4 Å². The van der Waals surface area contributed by atoms with Crippen LogP contribution in [0.25, 0.3) is 0 Å². The highest BCUT2D eigenvalue weighted by atomic mass is 16.5. The van der Waals surface area contributed by atoms with Crippen molar-refractivity contribution >= 4 is 5.91 Å². The Labute approximate surface area is 135 Å². The van der Waals surface area contributed by atoms with Crippen molar-refractivity contribution in [3.05, 3.63) is 53.3 Å². The summed E-state index contributed by atoms with van der Waals surface area (Å²) < 4.78 is 7.25. The maximum absolute atomic E-state index is 12.5. The molecule has 6 nitrogen and oxygen atoms in total. The molecule has 0 radical (unpaired) electrons.